The van der Waals surface area contributed by atoms with Crippen LogP contribution in [0.1, 0.15) is 47.2 Å². The Kier molecular flexibility index (Phi) is 8.49. The van der Waals surface area contributed by atoms with Gasteiger partial charge in [0.15, 0.2) is 0 Å². The summed E-state index contributed by atoms with van der Waals surface area (Å²) in [6, 6.07) is 87.6. The Morgan fingerprint density at radius 2 is 0.714 bits per heavy atom. The summed E-state index contributed by atoms with van der Waals surface area (Å²) in [6.07, 6.45) is 0. The Hall–Kier alpha value is -7.74. The standard InChI is InChI=1S/C62H45N/c1-61(2)56-23-10-12-25-58(56)62(59-26-13-11-24-57(59)61)55-22-9-8-20-53(55)54-40-33-47(41-60(54)62)44-29-36-49(37-30-44)63(48-34-27-43(28-35-48)42-15-4-3-5-16-42)50-38-31-46(32-39-50)52-21-14-18-45-17-6-7-19-51(45)52/h3-41H,1-2H3. The van der Waals surface area contributed by atoms with Crippen LogP contribution in [0.5, 0.6) is 0 Å². The van der Waals surface area contributed by atoms with Gasteiger partial charge in [0.2, 0.25) is 0 Å². The zero-order valence-corrected chi connectivity index (χ0v) is 35.5. The molecule has 0 heterocycles. The van der Waals surface area contributed by atoms with Crippen molar-refractivity contribution in [3.05, 3.63) is 270 Å². The average Bonchev–Trinajstić information content (AvgIpc) is 3.64. The Morgan fingerprint density at radius 3 is 1.35 bits per heavy atom. The molecule has 0 saturated carbocycles. The molecule has 0 bridgehead atoms. The Bertz CT molecular complexity index is 3280. The highest BCUT2D eigenvalue weighted by Gasteiger charge is 2.53. The maximum absolute atomic E-state index is 2.49. The molecule has 0 atom stereocenters. The van der Waals surface area contributed by atoms with Crippen LogP contribution in [-0.4, -0.2) is 0 Å². The molecule has 0 unspecified atom stereocenters. The van der Waals surface area contributed by atoms with Gasteiger partial charge in [-0.3, -0.25) is 0 Å². The Morgan fingerprint density at radius 1 is 0.286 bits per heavy atom. The van der Waals surface area contributed by atoms with E-state index in [0.29, 0.717) is 0 Å². The van der Waals surface area contributed by atoms with Gasteiger partial charge >= 0.3 is 0 Å². The van der Waals surface area contributed by atoms with Crippen LogP contribution >= 0.6 is 0 Å². The average molecular weight is 804 g/mol. The summed E-state index contributed by atoms with van der Waals surface area (Å²) in [5.74, 6) is 0. The molecule has 2 aliphatic carbocycles. The molecule has 0 radical (unpaired) electrons. The Labute approximate surface area is 370 Å². The first-order valence-corrected chi connectivity index (χ1v) is 22.1. The van der Waals surface area contributed by atoms with E-state index < -0.39 is 5.41 Å². The molecular weight excluding hydrogens is 759 g/mol. The van der Waals surface area contributed by atoms with E-state index in [1.807, 2.05) is 0 Å². The van der Waals surface area contributed by atoms with Gasteiger partial charge in [-0.05, 0) is 131 Å². The fourth-order valence-corrected chi connectivity index (χ4v) is 11.0. The zero-order valence-electron chi connectivity index (χ0n) is 35.5. The molecule has 298 valence electrons. The molecule has 12 rings (SSSR count). The largest absolute Gasteiger partial charge is 0.311 e. The first-order chi connectivity index (χ1) is 31.0. The normalized spacial score (nSPS) is 13.8. The molecule has 2 aliphatic rings. The second-order valence-electron chi connectivity index (χ2n) is 17.6. The van der Waals surface area contributed by atoms with Crippen molar-refractivity contribution < 1.29 is 0 Å². The van der Waals surface area contributed by atoms with Gasteiger partial charge in [-0.1, -0.05) is 208 Å². The molecule has 1 spiro atoms. The maximum Gasteiger partial charge on any atom is 0.0719 e. The molecule has 0 saturated heterocycles. The van der Waals surface area contributed by atoms with Crippen LogP contribution in [0, 0.1) is 0 Å². The second-order valence-corrected chi connectivity index (χ2v) is 17.6. The lowest BCUT2D eigenvalue weighted by molar-refractivity contribution is 0.563. The third-order valence-corrected chi connectivity index (χ3v) is 14.0. The highest BCUT2D eigenvalue weighted by Crippen LogP contribution is 2.62. The summed E-state index contributed by atoms with van der Waals surface area (Å²) in [6.45, 7) is 4.77. The monoisotopic (exact) mass is 803 g/mol. The van der Waals surface area contributed by atoms with E-state index in [0.717, 1.165) is 17.1 Å². The number of benzene rings is 10. The molecular formula is C62H45N. The van der Waals surface area contributed by atoms with E-state index in [2.05, 4.69) is 255 Å². The highest BCUT2D eigenvalue weighted by atomic mass is 15.1. The highest BCUT2D eigenvalue weighted by molar-refractivity contribution is 5.97. The molecule has 0 amide bonds. The van der Waals surface area contributed by atoms with E-state index in [4.69, 9.17) is 0 Å². The molecule has 0 fully saturated rings. The van der Waals surface area contributed by atoms with Gasteiger partial charge in [-0.2, -0.15) is 0 Å². The first-order valence-electron chi connectivity index (χ1n) is 22.1. The van der Waals surface area contributed by atoms with Crippen molar-refractivity contribution in [3.63, 3.8) is 0 Å². The third kappa shape index (κ3) is 5.70. The molecule has 0 N–H and O–H groups in total. The number of hydrogen-bond donors (Lipinski definition) is 0. The quantitative estimate of drug-likeness (QED) is 0.162. The smallest absolute Gasteiger partial charge is 0.0719 e. The zero-order chi connectivity index (χ0) is 42.1. The van der Waals surface area contributed by atoms with Crippen molar-refractivity contribution in [1.82, 2.24) is 0 Å². The van der Waals surface area contributed by atoms with Crippen LogP contribution in [0.2, 0.25) is 0 Å². The molecule has 63 heavy (non-hydrogen) atoms. The van der Waals surface area contributed by atoms with Gasteiger partial charge < -0.3 is 4.90 Å². The predicted molar refractivity (Wildman–Crippen MR) is 264 cm³/mol. The number of fused-ring (bicyclic) bond motifs is 10. The van der Waals surface area contributed by atoms with Crippen molar-refractivity contribution in [2.45, 2.75) is 24.7 Å². The lowest BCUT2D eigenvalue weighted by atomic mass is 9.55. The van der Waals surface area contributed by atoms with E-state index in [-0.39, 0.29) is 5.41 Å². The van der Waals surface area contributed by atoms with Gasteiger partial charge in [0.1, 0.15) is 0 Å². The van der Waals surface area contributed by atoms with Crippen molar-refractivity contribution in [2.75, 3.05) is 4.90 Å². The van der Waals surface area contributed by atoms with Gasteiger partial charge in [0.05, 0.1) is 5.41 Å². The van der Waals surface area contributed by atoms with Crippen LogP contribution in [-0.2, 0) is 10.8 Å². The topological polar surface area (TPSA) is 3.24 Å². The summed E-state index contributed by atoms with van der Waals surface area (Å²) >= 11 is 0. The summed E-state index contributed by atoms with van der Waals surface area (Å²) in [4.78, 5) is 2.37. The molecule has 10 aromatic rings. The first kappa shape index (κ1) is 37.1. The minimum atomic E-state index is -0.425. The van der Waals surface area contributed by atoms with Gasteiger partial charge in [-0.15, -0.1) is 0 Å². The summed E-state index contributed by atoms with van der Waals surface area (Å²) < 4.78 is 0. The van der Waals surface area contributed by atoms with Gasteiger partial charge in [-0.25, -0.2) is 0 Å². The lowest BCUT2D eigenvalue weighted by Crippen LogP contribution is -2.40. The lowest BCUT2D eigenvalue weighted by Gasteiger charge is -2.46. The van der Waals surface area contributed by atoms with Crippen LogP contribution in [0.25, 0.3) is 55.3 Å². The molecule has 10 aromatic carbocycles. The van der Waals surface area contributed by atoms with Crippen LogP contribution < -0.4 is 4.90 Å². The van der Waals surface area contributed by atoms with Crippen molar-refractivity contribution in [2.24, 2.45) is 0 Å². The third-order valence-electron chi connectivity index (χ3n) is 14.0. The van der Waals surface area contributed by atoms with Crippen LogP contribution in [0.15, 0.2) is 237 Å². The minimum Gasteiger partial charge on any atom is -0.311 e. The predicted octanol–water partition coefficient (Wildman–Crippen LogP) is 16.3. The minimum absolute atomic E-state index is 0.131. The van der Waals surface area contributed by atoms with E-state index >= 15 is 0 Å². The summed E-state index contributed by atoms with van der Waals surface area (Å²) in [7, 11) is 0. The maximum atomic E-state index is 2.49. The van der Waals surface area contributed by atoms with E-state index in [9.17, 15) is 0 Å². The van der Waals surface area contributed by atoms with E-state index in [1.165, 1.54) is 88.7 Å². The van der Waals surface area contributed by atoms with Crippen LogP contribution in [0.3, 0.4) is 0 Å². The number of anilines is 3. The molecule has 1 nitrogen and oxygen atoms in total. The summed E-state index contributed by atoms with van der Waals surface area (Å²) in [5.41, 5.74) is 20.9. The second kappa shape index (κ2) is 14.4. The number of rotatable bonds is 6. The van der Waals surface area contributed by atoms with Gasteiger partial charge in [0.25, 0.3) is 0 Å². The fourth-order valence-electron chi connectivity index (χ4n) is 11.0. The SMILES string of the molecule is CC1(C)c2ccccc2C2(c3ccccc3-c3ccc(-c4ccc(N(c5ccc(-c6ccccc6)cc5)c5ccc(-c6cccc7ccccc67)cc5)cc4)cc32)c2ccccc21. The fraction of sp³-hybridized carbons (Fsp3) is 0.0645. The van der Waals surface area contributed by atoms with Gasteiger partial charge in [0, 0.05) is 22.5 Å². The van der Waals surface area contributed by atoms with Crippen molar-refractivity contribution in [1.29, 1.82) is 0 Å². The van der Waals surface area contributed by atoms with Crippen LogP contribution in [0.4, 0.5) is 17.1 Å². The van der Waals surface area contributed by atoms with Crippen molar-refractivity contribution >= 4 is 27.8 Å². The molecule has 0 aromatic heterocycles. The Balaban J connectivity index is 0.970. The molecule has 0 aliphatic heterocycles. The summed E-state index contributed by atoms with van der Waals surface area (Å²) in [5, 5.41) is 2.51. The van der Waals surface area contributed by atoms with Crippen molar-refractivity contribution in [3.8, 4) is 44.5 Å². The number of nitrogens with zero attached hydrogens (tertiary/aromatic N) is 1. The number of hydrogen-bond acceptors (Lipinski definition) is 1. The molecule has 1 heteroatoms. The van der Waals surface area contributed by atoms with E-state index in [1.54, 1.807) is 0 Å².